The molecule has 0 saturated carbocycles. The number of carbonyl (C=O) groups excluding carboxylic acids is 1. The number of hydrogen-bond donors (Lipinski definition) is 1. The molecule has 1 amide bonds. The zero-order chi connectivity index (χ0) is 10.7. The third-order valence-corrected chi connectivity index (χ3v) is 3.46. The van der Waals surface area contributed by atoms with Gasteiger partial charge in [0.05, 0.1) is 12.5 Å². The fraction of sp³-hybridized carbons (Fsp3) is 0.909. The summed E-state index contributed by atoms with van der Waals surface area (Å²) in [6.07, 6.45) is 2.75. The van der Waals surface area contributed by atoms with Crippen LogP contribution < -0.4 is 0 Å². The van der Waals surface area contributed by atoms with Crippen molar-refractivity contribution in [1.82, 2.24) is 4.90 Å². The predicted molar refractivity (Wildman–Crippen MR) is 55.3 cm³/mol. The van der Waals surface area contributed by atoms with Crippen molar-refractivity contribution >= 4 is 5.91 Å². The smallest absolute Gasteiger partial charge is 0.228 e. The first-order chi connectivity index (χ1) is 7.31. The molecule has 1 N–H and O–H groups in total. The van der Waals surface area contributed by atoms with E-state index in [1.165, 1.54) is 0 Å². The zero-order valence-electron chi connectivity index (χ0n) is 9.02. The second kappa shape index (κ2) is 4.94. The number of amides is 1. The Hall–Kier alpha value is -0.610. The third-order valence-electron chi connectivity index (χ3n) is 3.46. The predicted octanol–water partition coefficient (Wildman–Crippen LogP) is 0.254. The second-order valence-electron chi connectivity index (χ2n) is 4.51. The van der Waals surface area contributed by atoms with E-state index in [2.05, 4.69) is 0 Å². The minimum atomic E-state index is 0.0932. The SMILES string of the molecule is O=C(C1CCOC1)N1CCC(CO)CC1. The van der Waals surface area contributed by atoms with Crippen molar-refractivity contribution in [2.45, 2.75) is 19.3 Å². The lowest BCUT2D eigenvalue weighted by atomic mass is 9.96. The molecular formula is C11H19NO3. The molecule has 0 radical (unpaired) electrons. The molecule has 4 heteroatoms. The van der Waals surface area contributed by atoms with Crippen LogP contribution in [0.15, 0.2) is 0 Å². The van der Waals surface area contributed by atoms with E-state index in [9.17, 15) is 4.79 Å². The van der Waals surface area contributed by atoms with Crippen LogP contribution in [0.3, 0.4) is 0 Å². The van der Waals surface area contributed by atoms with Gasteiger partial charge in [-0.05, 0) is 25.2 Å². The summed E-state index contributed by atoms with van der Waals surface area (Å²) in [6.45, 7) is 3.19. The molecule has 0 aromatic heterocycles. The lowest BCUT2D eigenvalue weighted by Crippen LogP contribution is -2.42. The normalized spacial score (nSPS) is 28.3. The summed E-state index contributed by atoms with van der Waals surface area (Å²) in [5.41, 5.74) is 0. The van der Waals surface area contributed by atoms with Crippen LogP contribution in [0.25, 0.3) is 0 Å². The molecule has 0 bridgehead atoms. The van der Waals surface area contributed by atoms with E-state index in [1.807, 2.05) is 4.90 Å². The molecule has 1 unspecified atom stereocenters. The van der Waals surface area contributed by atoms with Gasteiger partial charge in [-0.15, -0.1) is 0 Å². The summed E-state index contributed by atoms with van der Waals surface area (Å²) in [5.74, 6) is 0.744. The average molecular weight is 213 g/mol. The molecule has 0 aromatic carbocycles. The van der Waals surface area contributed by atoms with Crippen LogP contribution in [0, 0.1) is 11.8 Å². The van der Waals surface area contributed by atoms with Gasteiger partial charge in [-0.2, -0.15) is 0 Å². The van der Waals surface area contributed by atoms with E-state index in [-0.39, 0.29) is 18.4 Å². The maximum absolute atomic E-state index is 12.0. The molecule has 2 aliphatic rings. The highest BCUT2D eigenvalue weighted by molar-refractivity contribution is 5.79. The molecule has 0 aliphatic carbocycles. The molecule has 2 fully saturated rings. The average Bonchev–Trinajstić information content (AvgIpc) is 2.82. The Balaban J connectivity index is 1.81. The summed E-state index contributed by atoms with van der Waals surface area (Å²) in [6, 6.07) is 0. The summed E-state index contributed by atoms with van der Waals surface area (Å²) < 4.78 is 5.22. The molecule has 1 atom stereocenters. The fourth-order valence-electron chi connectivity index (χ4n) is 2.32. The van der Waals surface area contributed by atoms with Crippen LogP contribution in [0.2, 0.25) is 0 Å². The maximum atomic E-state index is 12.0. The van der Waals surface area contributed by atoms with Gasteiger partial charge in [-0.1, -0.05) is 0 Å². The first kappa shape index (κ1) is 10.9. The van der Waals surface area contributed by atoms with Crippen LogP contribution in [0.5, 0.6) is 0 Å². The van der Waals surface area contributed by atoms with Crippen LogP contribution in [0.1, 0.15) is 19.3 Å². The van der Waals surface area contributed by atoms with Gasteiger partial charge in [0.15, 0.2) is 0 Å². The van der Waals surface area contributed by atoms with Gasteiger partial charge in [0.25, 0.3) is 0 Å². The van der Waals surface area contributed by atoms with Crippen molar-refractivity contribution in [3.8, 4) is 0 Å². The molecule has 2 rings (SSSR count). The number of rotatable bonds is 2. The first-order valence-electron chi connectivity index (χ1n) is 5.78. The van der Waals surface area contributed by atoms with E-state index in [4.69, 9.17) is 9.84 Å². The maximum Gasteiger partial charge on any atom is 0.228 e. The Morgan fingerprint density at radius 2 is 2.07 bits per heavy atom. The van der Waals surface area contributed by atoms with E-state index >= 15 is 0 Å². The number of nitrogens with zero attached hydrogens (tertiary/aromatic N) is 1. The lowest BCUT2D eigenvalue weighted by Gasteiger charge is -2.32. The van der Waals surface area contributed by atoms with Crippen molar-refractivity contribution in [2.24, 2.45) is 11.8 Å². The molecule has 0 spiro atoms. The van der Waals surface area contributed by atoms with Crippen molar-refractivity contribution in [1.29, 1.82) is 0 Å². The number of likely N-dealkylation sites (tertiary alicyclic amines) is 1. The molecule has 4 nitrogen and oxygen atoms in total. The van der Waals surface area contributed by atoms with Crippen molar-refractivity contribution < 1.29 is 14.6 Å². The number of aliphatic hydroxyl groups is 1. The standard InChI is InChI=1S/C11H19NO3/c13-7-9-1-4-12(5-2-9)11(14)10-3-6-15-8-10/h9-10,13H,1-8H2. The largest absolute Gasteiger partial charge is 0.396 e. The van der Waals surface area contributed by atoms with Gasteiger partial charge in [-0.25, -0.2) is 0 Å². The van der Waals surface area contributed by atoms with Crippen molar-refractivity contribution in [2.75, 3.05) is 32.9 Å². The van der Waals surface area contributed by atoms with Gasteiger partial charge < -0.3 is 14.7 Å². The number of aliphatic hydroxyl groups excluding tert-OH is 1. The quantitative estimate of drug-likeness (QED) is 0.715. The van der Waals surface area contributed by atoms with Crippen LogP contribution in [-0.2, 0) is 9.53 Å². The van der Waals surface area contributed by atoms with Crippen molar-refractivity contribution in [3.63, 3.8) is 0 Å². The van der Waals surface area contributed by atoms with Crippen LogP contribution >= 0.6 is 0 Å². The molecular weight excluding hydrogens is 194 g/mol. The molecule has 2 aliphatic heterocycles. The highest BCUT2D eigenvalue weighted by Crippen LogP contribution is 2.21. The Bertz CT molecular complexity index is 218. The second-order valence-corrected chi connectivity index (χ2v) is 4.51. The minimum absolute atomic E-state index is 0.0932. The van der Waals surface area contributed by atoms with Gasteiger partial charge >= 0.3 is 0 Å². The number of carbonyl (C=O) groups is 1. The summed E-state index contributed by atoms with van der Waals surface area (Å²) in [5, 5.41) is 9.00. The van der Waals surface area contributed by atoms with Crippen LogP contribution in [0.4, 0.5) is 0 Å². The van der Waals surface area contributed by atoms with Gasteiger partial charge in [0, 0.05) is 26.3 Å². The monoisotopic (exact) mass is 213 g/mol. The topological polar surface area (TPSA) is 49.8 Å². The first-order valence-corrected chi connectivity index (χ1v) is 5.78. The highest BCUT2D eigenvalue weighted by Gasteiger charge is 2.30. The molecule has 86 valence electrons. The number of hydrogen-bond acceptors (Lipinski definition) is 3. The van der Waals surface area contributed by atoms with E-state index in [0.717, 1.165) is 39.0 Å². The van der Waals surface area contributed by atoms with Gasteiger partial charge in [-0.3, -0.25) is 4.79 Å². The Morgan fingerprint density at radius 3 is 2.60 bits per heavy atom. The Kier molecular flexibility index (Phi) is 3.59. The van der Waals surface area contributed by atoms with Crippen molar-refractivity contribution in [3.05, 3.63) is 0 Å². The lowest BCUT2D eigenvalue weighted by molar-refractivity contribution is -0.137. The van der Waals surface area contributed by atoms with E-state index in [1.54, 1.807) is 0 Å². The minimum Gasteiger partial charge on any atom is -0.396 e. The van der Waals surface area contributed by atoms with Gasteiger partial charge in [0.1, 0.15) is 0 Å². The zero-order valence-corrected chi connectivity index (χ0v) is 9.02. The summed E-state index contributed by atoms with van der Waals surface area (Å²) in [7, 11) is 0. The summed E-state index contributed by atoms with van der Waals surface area (Å²) >= 11 is 0. The molecule has 2 heterocycles. The Morgan fingerprint density at radius 1 is 1.33 bits per heavy atom. The molecule has 0 aromatic rings. The van der Waals surface area contributed by atoms with Crippen LogP contribution in [-0.4, -0.2) is 48.8 Å². The van der Waals surface area contributed by atoms with E-state index < -0.39 is 0 Å². The highest BCUT2D eigenvalue weighted by atomic mass is 16.5. The molecule has 15 heavy (non-hydrogen) atoms. The number of ether oxygens (including phenoxy) is 1. The van der Waals surface area contributed by atoms with Gasteiger partial charge in [0.2, 0.25) is 5.91 Å². The number of piperidine rings is 1. The Labute approximate surface area is 90.2 Å². The molecule has 2 saturated heterocycles. The fourth-order valence-corrected chi connectivity index (χ4v) is 2.32. The third kappa shape index (κ3) is 2.49. The van der Waals surface area contributed by atoms with E-state index in [0.29, 0.717) is 12.5 Å². The summed E-state index contributed by atoms with van der Waals surface area (Å²) in [4.78, 5) is 13.9.